The largest absolute Gasteiger partial charge is 0.483 e. The summed E-state index contributed by atoms with van der Waals surface area (Å²) in [4.78, 5) is 23.6. The fourth-order valence-electron chi connectivity index (χ4n) is 2.33. The van der Waals surface area contributed by atoms with E-state index in [0.717, 1.165) is 16.7 Å². The molecule has 26 heavy (non-hydrogen) atoms. The lowest BCUT2D eigenvalue weighted by molar-refractivity contribution is -0.124. The molecule has 0 heterocycles. The Morgan fingerprint density at radius 3 is 2.31 bits per heavy atom. The third-order valence-corrected chi connectivity index (χ3v) is 3.96. The van der Waals surface area contributed by atoms with E-state index < -0.39 is 0 Å². The summed E-state index contributed by atoms with van der Waals surface area (Å²) < 4.78 is 18.3. The molecule has 138 valence electrons. The van der Waals surface area contributed by atoms with Gasteiger partial charge in [-0.2, -0.15) is 0 Å². The highest BCUT2D eigenvalue weighted by Gasteiger charge is 2.07. The molecule has 0 radical (unpaired) electrons. The second-order valence-corrected chi connectivity index (χ2v) is 5.99. The Labute approximate surface area is 152 Å². The van der Waals surface area contributed by atoms with Gasteiger partial charge in [0.05, 0.1) is 6.42 Å². The molecule has 0 bridgehead atoms. The average Bonchev–Trinajstić information content (AvgIpc) is 2.62. The van der Waals surface area contributed by atoms with Gasteiger partial charge in [0.2, 0.25) is 5.91 Å². The van der Waals surface area contributed by atoms with Crippen LogP contribution in [-0.4, -0.2) is 31.5 Å². The minimum Gasteiger partial charge on any atom is -0.483 e. The zero-order valence-corrected chi connectivity index (χ0v) is 15.0. The van der Waals surface area contributed by atoms with Crippen molar-refractivity contribution in [1.82, 2.24) is 10.6 Å². The van der Waals surface area contributed by atoms with Crippen molar-refractivity contribution in [2.45, 2.75) is 20.3 Å². The number of hydrogen-bond donors (Lipinski definition) is 2. The maximum absolute atomic E-state index is 12.8. The van der Waals surface area contributed by atoms with E-state index in [0.29, 0.717) is 18.8 Å². The lowest BCUT2D eigenvalue weighted by Crippen LogP contribution is -2.37. The van der Waals surface area contributed by atoms with Crippen LogP contribution in [0, 0.1) is 19.7 Å². The lowest BCUT2D eigenvalue weighted by Gasteiger charge is -2.11. The molecular weight excluding hydrogens is 335 g/mol. The number of nitrogens with one attached hydrogen (secondary N) is 2. The van der Waals surface area contributed by atoms with E-state index in [1.165, 1.54) is 12.1 Å². The molecule has 0 atom stereocenters. The zero-order valence-electron chi connectivity index (χ0n) is 15.0. The van der Waals surface area contributed by atoms with E-state index in [9.17, 15) is 14.0 Å². The molecule has 2 N–H and O–H groups in total. The number of halogens is 1. The minimum absolute atomic E-state index is 0.0756. The van der Waals surface area contributed by atoms with E-state index in [1.54, 1.807) is 12.1 Å². The second kappa shape index (κ2) is 9.56. The molecule has 6 heteroatoms. The summed E-state index contributed by atoms with van der Waals surface area (Å²) in [6.45, 7) is 4.48. The number of rotatable bonds is 8. The number of aryl methyl sites for hydroxylation is 1. The van der Waals surface area contributed by atoms with Crippen LogP contribution in [0.5, 0.6) is 5.75 Å². The molecule has 0 unspecified atom stereocenters. The normalized spacial score (nSPS) is 10.3. The SMILES string of the molecule is Cc1cccc(OCC(=O)NCCNC(=O)Cc2ccc(F)cc2)c1C. The maximum atomic E-state index is 12.8. The molecule has 0 saturated carbocycles. The summed E-state index contributed by atoms with van der Waals surface area (Å²) in [5, 5.41) is 5.39. The van der Waals surface area contributed by atoms with Crippen molar-refractivity contribution in [2.75, 3.05) is 19.7 Å². The predicted molar refractivity (Wildman–Crippen MR) is 97.5 cm³/mol. The third kappa shape index (κ3) is 6.20. The summed E-state index contributed by atoms with van der Waals surface area (Å²) in [6.07, 6.45) is 0.171. The van der Waals surface area contributed by atoms with E-state index in [1.807, 2.05) is 32.0 Å². The van der Waals surface area contributed by atoms with Crippen LogP contribution >= 0.6 is 0 Å². The maximum Gasteiger partial charge on any atom is 0.258 e. The summed E-state index contributed by atoms with van der Waals surface area (Å²) in [5.41, 5.74) is 2.84. The quantitative estimate of drug-likeness (QED) is 0.712. The Hall–Kier alpha value is -2.89. The Balaban J connectivity index is 1.63. The van der Waals surface area contributed by atoms with E-state index in [-0.39, 0.29) is 30.7 Å². The van der Waals surface area contributed by atoms with Gasteiger partial charge in [-0.05, 0) is 48.7 Å². The molecule has 0 aliphatic rings. The van der Waals surface area contributed by atoms with E-state index in [2.05, 4.69) is 10.6 Å². The third-order valence-electron chi connectivity index (χ3n) is 3.96. The number of amides is 2. The number of benzene rings is 2. The van der Waals surface area contributed by atoms with Crippen molar-refractivity contribution in [3.63, 3.8) is 0 Å². The van der Waals surface area contributed by atoms with Crippen molar-refractivity contribution in [3.05, 3.63) is 65.0 Å². The van der Waals surface area contributed by atoms with Crippen molar-refractivity contribution < 1.29 is 18.7 Å². The van der Waals surface area contributed by atoms with Gasteiger partial charge in [0.1, 0.15) is 11.6 Å². The molecule has 2 aromatic rings. The first kappa shape index (κ1) is 19.4. The highest BCUT2D eigenvalue weighted by Crippen LogP contribution is 2.20. The Morgan fingerprint density at radius 2 is 1.62 bits per heavy atom. The van der Waals surface area contributed by atoms with E-state index in [4.69, 9.17) is 4.74 Å². The van der Waals surface area contributed by atoms with Gasteiger partial charge >= 0.3 is 0 Å². The van der Waals surface area contributed by atoms with Crippen LogP contribution in [0.15, 0.2) is 42.5 Å². The van der Waals surface area contributed by atoms with Crippen LogP contribution in [0.3, 0.4) is 0 Å². The minimum atomic E-state index is -0.333. The van der Waals surface area contributed by atoms with Gasteiger partial charge in [0.15, 0.2) is 6.61 Å². The summed E-state index contributed by atoms with van der Waals surface area (Å²) >= 11 is 0. The highest BCUT2D eigenvalue weighted by molar-refractivity contribution is 5.79. The Kier molecular flexibility index (Phi) is 7.14. The van der Waals surface area contributed by atoms with Gasteiger partial charge in [0.25, 0.3) is 5.91 Å². The monoisotopic (exact) mass is 358 g/mol. The van der Waals surface area contributed by atoms with Gasteiger partial charge in [-0.1, -0.05) is 24.3 Å². The molecule has 5 nitrogen and oxygen atoms in total. The Morgan fingerprint density at radius 1 is 0.962 bits per heavy atom. The summed E-state index contributed by atoms with van der Waals surface area (Å²) in [5.74, 6) is -0.0797. The van der Waals surface area contributed by atoms with Crippen molar-refractivity contribution in [3.8, 4) is 5.75 Å². The van der Waals surface area contributed by atoms with Crippen molar-refractivity contribution in [1.29, 1.82) is 0 Å². The topological polar surface area (TPSA) is 67.4 Å². The van der Waals surface area contributed by atoms with Gasteiger partial charge in [0, 0.05) is 13.1 Å². The van der Waals surface area contributed by atoms with Crippen LogP contribution < -0.4 is 15.4 Å². The molecule has 0 aliphatic heterocycles. The van der Waals surface area contributed by atoms with Crippen LogP contribution in [0.1, 0.15) is 16.7 Å². The van der Waals surface area contributed by atoms with Crippen molar-refractivity contribution in [2.24, 2.45) is 0 Å². The molecule has 0 fully saturated rings. The standard InChI is InChI=1S/C20H23FN2O3/c1-14-4-3-5-18(15(14)2)26-13-20(25)23-11-10-22-19(24)12-16-6-8-17(21)9-7-16/h3-9H,10-13H2,1-2H3,(H,22,24)(H,23,25). The zero-order chi connectivity index (χ0) is 18.9. The number of carbonyl (C=O) groups is 2. The fourth-order valence-corrected chi connectivity index (χ4v) is 2.33. The van der Waals surface area contributed by atoms with Gasteiger partial charge < -0.3 is 15.4 Å². The predicted octanol–water partition coefficient (Wildman–Crippen LogP) is 2.30. The van der Waals surface area contributed by atoms with Gasteiger partial charge in [-0.25, -0.2) is 4.39 Å². The Bertz CT molecular complexity index is 760. The van der Waals surface area contributed by atoms with E-state index >= 15 is 0 Å². The molecule has 0 aliphatic carbocycles. The average molecular weight is 358 g/mol. The molecule has 0 aromatic heterocycles. The number of hydrogen-bond acceptors (Lipinski definition) is 3. The van der Waals surface area contributed by atoms with Crippen LogP contribution in [-0.2, 0) is 16.0 Å². The first-order valence-electron chi connectivity index (χ1n) is 8.42. The number of ether oxygens (including phenoxy) is 1. The summed E-state index contributed by atoms with van der Waals surface area (Å²) in [6, 6.07) is 11.5. The molecule has 2 amide bonds. The van der Waals surface area contributed by atoms with Gasteiger partial charge in [-0.3, -0.25) is 9.59 Å². The molecule has 0 spiro atoms. The van der Waals surface area contributed by atoms with Gasteiger partial charge in [-0.15, -0.1) is 0 Å². The fraction of sp³-hybridized carbons (Fsp3) is 0.300. The molecule has 0 saturated heterocycles. The summed E-state index contributed by atoms with van der Waals surface area (Å²) in [7, 11) is 0. The highest BCUT2D eigenvalue weighted by atomic mass is 19.1. The van der Waals surface area contributed by atoms with Crippen LogP contribution in [0.25, 0.3) is 0 Å². The first-order valence-corrected chi connectivity index (χ1v) is 8.42. The first-order chi connectivity index (χ1) is 12.5. The van der Waals surface area contributed by atoms with Crippen LogP contribution in [0.4, 0.5) is 4.39 Å². The smallest absolute Gasteiger partial charge is 0.258 e. The van der Waals surface area contributed by atoms with Crippen LogP contribution in [0.2, 0.25) is 0 Å². The molecular formula is C20H23FN2O3. The number of carbonyl (C=O) groups excluding carboxylic acids is 2. The second-order valence-electron chi connectivity index (χ2n) is 5.99. The molecule has 2 rings (SSSR count). The van der Waals surface area contributed by atoms with Crippen molar-refractivity contribution >= 4 is 11.8 Å². The molecule has 2 aromatic carbocycles. The lowest BCUT2D eigenvalue weighted by atomic mass is 10.1.